The van der Waals surface area contributed by atoms with Crippen LogP contribution in [-0.4, -0.2) is 95.1 Å². The van der Waals surface area contributed by atoms with E-state index in [1.54, 1.807) is 12.0 Å². The molecule has 6 rings (SSSR count). The minimum absolute atomic E-state index is 0.0955. The van der Waals surface area contributed by atoms with Crippen molar-refractivity contribution in [3.05, 3.63) is 35.4 Å². The molecular weight excluding hydrogens is 588 g/mol. The zero-order valence-electron chi connectivity index (χ0n) is 30.7. The van der Waals surface area contributed by atoms with Gasteiger partial charge in [0.25, 0.3) is 0 Å². The normalized spacial score (nSPS) is 32.2. The zero-order valence-corrected chi connectivity index (χ0v) is 30.7. The maximum absolute atomic E-state index is 14.1. The number of aliphatic hydroxyl groups is 2. The van der Waals surface area contributed by atoms with Crippen LogP contribution in [0, 0.1) is 40.9 Å². The van der Waals surface area contributed by atoms with Crippen LogP contribution in [0.15, 0.2) is 24.3 Å². The number of nitrogens with one attached hydrogen (secondary N) is 1. The SMILES string of the molecule is CC(C)C[C@@H](CN(C)C)N(Cc1cccc(CN2O[C@@H](CO)[C@@H]([C@H](C)O)[C@H]2C(=O)N[C@H]2CC3CC([C@@H]2C)C3(C)C)c1)CC1CCCC1. The number of likely N-dealkylation sites (N-methyl/N-ethyl adjacent to an activating group) is 1. The van der Waals surface area contributed by atoms with Crippen LogP contribution >= 0.6 is 0 Å². The molecule has 1 saturated heterocycles. The first-order chi connectivity index (χ1) is 22.3. The number of nitrogens with zero attached hydrogens (tertiary/aromatic N) is 3. The summed E-state index contributed by atoms with van der Waals surface area (Å²) in [4.78, 5) is 25.5. The van der Waals surface area contributed by atoms with E-state index in [-0.39, 0.29) is 18.6 Å². The van der Waals surface area contributed by atoms with E-state index in [4.69, 9.17) is 4.84 Å². The third-order valence-electron chi connectivity index (χ3n) is 12.6. The first kappa shape index (κ1) is 36.7. The van der Waals surface area contributed by atoms with Crippen LogP contribution in [0.3, 0.4) is 0 Å². The number of amides is 1. The van der Waals surface area contributed by atoms with Crippen LogP contribution in [0.1, 0.15) is 97.6 Å². The number of aliphatic hydroxyl groups excluding tert-OH is 2. The predicted octanol–water partition coefficient (Wildman–Crippen LogP) is 5.32. The topological polar surface area (TPSA) is 88.5 Å². The number of carbonyl (C=O) groups excluding carboxylic acids is 1. The van der Waals surface area contributed by atoms with E-state index in [9.17, 15) is 15.0 Å². The molecular formula is C39H66N4O4. The zero-order chi connectivity index (χ0) is 34.0. The summed E-state index contributed by atoms with van der Waals surface area (Å²) in [5.74, 6) is 2.45. The average molecular weight is 655 g/mol. The van der Waals surface area contributed by atoms with Crippen molar-refractivity contribution in [1.29, 1.82) is 0 Å². The van der Waals surface area contributed by atoms with E-state index < -0.39 is 24.2 Å². The minimum atomic E-state index is -0.797. The maximum atomic E-state index is 14.1. The largest absolute Gasteiger partial charge is 0.394 e. The quantitative estimate of drug-likeness (QED) is 0.236. The summed E-state index contributed by atoms with van der Waals surface area (Å²) in [6.07, 6.45) is 7.36. The van der Waals surface area contributed by atoms with E-state index in [1.165, 1.54) is 44.1 Å². The number of benzene rings is 1. The molecule has 4 saturated carbocycles. The predicted molar refractivity (Wildman–Crippen MR) is 188 cm³/mol. The summed E-state index contributed by atoms with van der Waals surface area (Å²) >= 11 is 0. The van der Waals surface area contributed by atoms with Gasteiger partial charge in [-0.25, -0.2) is 0 Å². The number of hydroxylamine groups is 2. The molecule has 8 heteroatoms. The van der Waals surface area contributed by atoms with Gasteiger partial charge in [0, 0.05) is 37.6 Å². The van der Waals surface area contributed by atoms with E-state index in [0.717, 1.165) is 37.5 Å². The van der Waals surface area contributed by atoms with Crippen LogP contribution in [-0.2, 0) is 22.7 Å². The Bertz CT molecular complexity index is 1160. The lowest BCUT2D eigenvalue weighted by Gasteiger charge is -2.62. The highest BCUT2D eigenvalue weighted by Gasteiger charge is 2.57. The van der Waals surface area contributed by atoms with Gasteiger partial charge in [-0.15, -0.1) is 0 Å². The molecule has 1 heterocycles. The van der Waals surface area contributed by atoms with E-state index >= 15 is 0 Å². The van der Waals surface area contributed by atoms with Crippen molar-refractivity contribution in [1.82, 2.24) is 20.2 Å². The molecule has 5 aliphatic rings. The molecule has 4 aliphatic carbocycles. The average Bonchev–Trinajstić information content (AvgIpc) is 3.64. The molecule has 0 spiro atoms. The van der Waals surface area contributed by atoms with Gasteiger partial charge >= 0.3 is 0 Å². The molecule has 1 aromatic carbocycles. The van der Waals surface area contributed by atoms with Gasteiger partial charge < -0.3 is 20.4 Å². The van der Waals surface area contributed by atoms with Crippen LogP contribution in [0.5, 0.6) is 0 Å². The second-order valence-corrected chi connectivity index (χ2v) is 17.2. The highest BCUT2D eigenvalue weighted by atomic mass is 16.7. The van der Waals surface area contributed by atoms with E-state index in [1.807, 2.05) is 0 Å². The molecule has 3 N–H and O–H groups in total. The Morgan fingerprint density at radius 3 is 2.43 bits per heavy atom. The number of fused-ring (bicyclic) bond motifs is 2. The Morgan fingerprint density at radius 2 is 1.83 bits per heavy atom. The van der Waals surface area contributed by atoms with Gasteiger partial charge in [0.05, 0.1) is 19.3 Å². The fraction of sp³-hybridized carbons (Fsp3) is 0.821. The summed E-state index contributed by atoms with van der Waals surface area (Å²) in [5.41, 5.74) is 2.69. The van der Waals surface area contributed by atoms with Gasteiger partial charge in [-0.05, 0) is 99.3 Å². The van der Waals surface area contributed by atoms with Crippen molar-refractivity contribution in [3.8, 4) is 0 Å². The molecule has 0 aromatic heterocycles. The number of carbonyl (C=O) groups is 1. The highest BCUT2D eigenvalue weighted by molar-refractivity contribution is 5.82. The molecule has 9 atom stereocenters. The van der Waals surface area contributed by atoms with Crippen molar-refractivity contribution < 1.29 is 19.8 Å². The Balaban J connectivity index is 1.33. The fourth-order valence-electron chi connectivity index (χ4n) is 9.90. The molecule has 5 fully saturated rings. The molecule has 1 amide bonds. The first-order valence-corrected chi connectivity index (χ1v) is 18.8. The summed E-state index contributed by atoms with van der Waals surface area (Å²) in [6, 6.07) is 8.67. The molecule has 2 unspecified atom stereocenters. The summed E-state index contributed by atoms with van der Waals surface area (Å²) < 4.78 is 0. The third kappa shape index (κ3) is 8.43. The van der Waals surface area contributed by atoms with Crippen molar-refractivity contribution in [2.75, 3.05) is 33.8 Å². The smallest absolute Gasteiger partial charge is 0.240 e. The van der Waals surface area contributed by atoms with Gasteiger partial charge in [-0.3, -0.25) is 14.5 Å². The molecule has 1 aromatic rings. The Kier molecular flexibility index (Phi) is 12.2. The van der Waals surface area contributed by atoms with Crippen LogP contribution in [0.4, 0.5) is 0 Å². The molecule has 8 nitrogen and oxygen atoms in total. The lowest BCUT2D eigenvalue weighted by molar-refractivity contribution is -0.183. The number of hydrogen-bond donors (Lipinski definition) is 3. The molecule has 1 aliphatic heterocycles. The first-order valence-electron chi connectivity index (χ1n) is 18.8. The van der Waals surface area contributed by atoms with Gasteiger partial charge in [0.1, 0.15) is 12.1 Å². The minimum Gasteiger partial charge on any atom is -0.394 e. The third-order valence-corrected chi connectivity index (χ3v) is 12.6. The van der Waals surface area contributed by atoms with Crippen LogP contribution < -0.4 is 5.32 Å². The monoisotopic (exact) mass is 655 g/mol. The van der Waals surface area contributed by atoms with Crippen molar-refractivity contribution in [2.24, 2.45) is 40.9 Å². The Morgan fingerprint density at radius 1 is 1.13 bits per heavy atom. The second-order valence-electron chi connectivity index (χ2n) is 17.2. The number of hydrogen-bond acceptors (Lipinski definition) is 7. The van der Waals surface area contributed by atoms with Crippen molar-refractivity contribution in [2.45, 2.75) is 130 Å². The highest BCUT2D eigenvalue weighted by Crippen LogP contribution is 2.61. The maximum Gasteiger partial charge on any atom is 0.240 e. The van der Waals surface area contributed by atoms with E-state index in [0.29, 0.717) is 41.7 Å². The fourth-order valence-corrected chi connectivity index (χ4v) is 9.90. The second kappa shape index (κ2) is 15.6. The van der Waals surface area contributed by atoms with Crippen molar-refractivity contribution >= 4 is 5.91 Å². The van der Waals surface area contributed by atoms with Gasteiger partial charge in [0.2, 0.25) is 5.91 Å². The summed E-state index contributed by atoms with van der Waals surface area (Å²) in [6.45, 7) is 16.7. The van der Waals surface area contributed by atoms with Gasteiger partial charge in [0.15, 0.2) is 0 Å². The lowest BCUT2D eigenvalue weighted by atomic mass is 9.45. The van der Waals surface area contributed by atoms with Crippen LogP contribution in [0.2, 0.25) is 0 Å². The van der Waals surface area contributed by atoms with Gasteiger partial charge in [-0.1, -0.05) is 71.7 Å². The molecule has 266 valence electrons. The number of rotatable bonds is 15. The Hall–Kier alpha value is -1.55. The molecule has 47 heavy (non-hydrogen) atoms. The van der Waals surface area contributed by atoms with E-state index in [2.05, 4.69) is 88.1 Å². The van der Waals surface area contributed by atoms with Crippen LogP contribution in [0.25, 0.3) is 0 Å². The molecule has 0 radical (unpaired) electrons. The summed E-state index contributed by atoms with van der Waals surface area (Å²) in [5, 5.41) is 26.3. The standard InChI is InChI=1S/C39H66N4O4/c1-25(2)16-32(23-41(7)8)42(20-28-12-9-10-13-28)21-29-14-11-15-30(17-29)22-43-37(36(27(4)45)35(24-44)47-43)38(46)40-34-19-31-18-33(26(34)3)39(31,5)6/h11,14-15,17,25-28,31-37,44-45H,9-10,12-13,16,18-24H2,1-8H3,(H,40,46)/t26-,27-,31?,32-,33?,34-,35-,36+,37-/m0/s1. The van der Waals surface area contributed by atoms with Crippen molar-refractivity contribution in [3.63, 3.8) is 0 Å². The summed E-state index contributed by atoms with van der Waals surface area (Å²) in [7, 11) is 4.37. The Labute approximate surface area is 285 Å². The lowest BCUT2D eigenvalue weighted by Crippen LogP contribution is -2.62. The van der Waals surface area contributed by atoms with Gasteiger partial charge in [-0.2, -0.15) is 5.06 Å². The molecule has 2 bridgehead atoms.